The predicted molar refractivity (Wildman–Crippen MR) is 101 cm³/mol. The molecule has 1 aromatic rings. The number of rotatable bonds is 5. The minimum atomic E-state index is -0.409. The molecule has 2 amide bonds. The topological polar surface area (TPSA) is 75.9 Å². The normalized spacial score (nSPS) is 19.8. The van der Waals surface area contributed by atoms with Crippen molar-refractivity contribution >= 4 is 17.9 Å². The number of morpholine rings is 1. The molecule has 140 valence electrons. The number of benzene rings is 1. The Morgan fingerprint density at radius 3 is 2.50 bits per heavy atom. The van der Waals surface area contributed by atoms with E-state index >= 15 is 0 Å². The molecule has 3 rings (SSSR count). The van der Waals surface area contributed by atoms with Crippen LogP contribution in [0.1, 0.15) is 28.8 Å². The maximum absolute atomic E-state index is 12.4. The molecule has 2 aliphatic heterocycles. The number of nitrogens with zero attached hydrogens (tertiary/aromatic N) is 2. The van der Waals surface area contributed by atoms with Crippen molar-refractivity contribution in [2.24, 2.45) is 11.7 Å². The van der Waals surface area contributed by atoms with Gasteiger partial charge in [-0.1, -0.05) is 30.4 Å². The van der Waals surface area contributed by atoms with Crippen LogP contribution in [0.4, 0.5) is 0 Å². The van der Waals surface area contributed by atoms with Crippen LogP contribution in [0.15, 0.2) is 30.3 Å². The number of hydrogen-bond donors (Lipinski definition) is 1. The van der Waals surface area contributed by atoms with Crippen molar-refractivity contribution in [3.63, 3.8) is 0 Å². The van der Waals surface area contributed by atoms with Gasteiger partial charge >= 0.3 is 0 Å². The smallest absolute Gasteiger partial charge is 0.249 e. The van der Waals surface area contributed by atoms with Crippen molar-refractivity contribution in [1.29, 1.82) is 0 Å². The van der Waals surface area contributed by atoms with Gasteiger partial charge < -0.3 is 15.4 Å². The van der Waals surface area contributed by atoms with Crippen molar-refractivity contribution in [1.82, 2.24) is 9.80 Å². The molecule has 6 heteroatoms. The first-order valence-electron chi connectivity index (χ1n) is 9.28. The van der Waals surface area contributed by atoms with Crippen LogP contribution in [0.2, 0.25) is 0 Å². The second kappa shape index (κ2) is 8.96. The number of amides is 2. The van der Waals surface area contributed by atoms with Crippen LogP contribution in [0.5, 0.6) is 0 Å². The number of carbonyl (C=O) groups excluding carboxylic acids is 2. The molecule has 1 aromatic carbocycles. The van der Waals surface area contributed by atoms with Gasteiger partial charge in [0.1, 0.15) is 0 Å². The molecule has 0 aliphatic carbocycles. The molecule has 2 saturated heterocycles. The molecule has 0 bridgehead atoms. The van der Waals surface area contributed by atoms with E-state index in [2.05, 4.69) is 11.0 Å². The summed E-state index contributed by atoms with van der Waals surface area (Å²) >= 11 is 0. The molecule has 0 atom stereocenters. The van der Waals surface area contributed by atoms with E-state index in [4.69, 9.17) is 10.5 Å². The first-order valence-corrected chi connectivity index (χ1v) is 9.28. The van der Waals surface area contributed by atoms with E-state index in [9.17, 15) is 9.59 Å². The van der Waals surface area contributed by atoms with Gasteiger partial charge in [-0.05, 0) is 30.4 Å². The third-order valence-corrected chi connectivity index (χ3v) is 5.13. The minimum Gasteiger partial charge on any atom is -0.379 e. The SMILES string of the molecule is NC(=O)c1ccccc1C=CC1CCN(C(=O)CN2CCOCC2)CC1. The lowest BCUT2D eigenvalue weighted by Crippen LogP contribution is -2.46. The number of hydrogen-bond acceptors (Lipinski definition) is 4. The van der Waals surface area contributed by atoms with Crippen molar-refractivity contribution in [2.45, 2.75) is 12.8 Å². The van der Waals surface area contributed by atoms with Gasteiger partial charge in [0, 0.05) is 31.7 Å². The first-order chi connectivity index (χ1) is 12.6. The highest BCUT2D eigenvalue weighted by Crippen LogP contribution is 2.21. The Bertz CT molecular complexity index is 660. The number of carbonyl (C=O) groups is 2. The average Bonchev–Trinajstić information content (AvgIpc) is 2.67. The van der Waals surface area contributed by atoms with E-state index in [1.54, 1.807) is 6.07 Å². The molecule has 0 aromatic heterocycles. The lowest BCUT2D eigenvalue weighted by molar-refractivity contribution is -0.134. The first kappa shape index (κ1) is 18.6. The van der Waals surface area contributed by atoms with E-state index in [0.29, 0.717) is 31.2 Å². The molecule has 2 N–H and O–H groups in total. The Morgan fingerprint density at radius 1 is 1.12 bits per heavy atom. The fourth-order valence-electron chi connectivity index (χ4n) is 3.50. The van der Waals surface area contributed by atoms with Crippen LogP contribution < -0.4 is 5.73 Å². The van der Waals surface area contributed by atoms with Crippen LogP contribution in [-0.4, -0.2) is 67.6 Å². The van der Waals surface area contributed by atoms with E-state index in [1.165, 1.54) is 0 Å². The summed E-state index contributed by atoms with van der Waals surface area (Å²) < 4.78 is 5.32. The Hall–Kier alpha value is -2.18. The van der Waals surface area contributed by atoms with Crippen molar-refractivity contribution < 1.29 is 14.3 Å². The molecule has 0 unspecified atom stereocenters. The van der Waals surface area contributed by atoms with Crippen LogP contribution >= 0.6 is 0 Å². The minimum absolute atomic E-state index is 0.216. The zero-order valence-electron chi connectivity index (χ0n) is 15.1. The fourth-order valence-corrected chi connectivity index (χ4v) is 3.50. The maximum atomic E-state index is 12.4. The van der Waals surface area contributed by atoms with Gasteiger partial charge in [0.2, 0.25) is 11.8 Å². The molecule has 0 radical (unpaired) electrons. The van der Waals surface area contributed by atoms with Crippen molar-refractivity contribution in [3.05, 3.63) is 41.5 Å². The predicted octanol–water partition coefficient (Wildman–Crippen LogP) is 1.37. The maximum Gasteiger partial charge on any atom is 0.249 e. The standard InChI is InChI=1S/C20H27N3O3/c21-20(25)18-4-2-1-3-17(18)6-5-16-7-9-23(10-8-16)19(24)15-22-11-13-26-14-12-22/h1-6,16H,7-15H2,(H2,21,25). The van der Waals surface area contributed by atoms with Gasteiger partial charge in [0.05, 0.1) is 19.8 Å². The highest BCUT2D eigenvalue weighted by Gasteiger charge is 2.23. The Kier molecular flexibility index (Phi) is 6.41. The number of primary amides is 1. The average molecular weight is 357 g/mol. The summed E-state index contributed by atoms with van der Waals surface area (Å²) in [6, 6.07) is 7.36. The van der Waals surface area contributed by atoms with Gasteiger partial charge in [0.15, 0.2) is 0 Å². The molecule has 0 spiro atoms. The number of ether oxygens (including phenoxy) is 1. The van der Waals surface area contributed by atoms with Gasteiger partial charge in [-0.3, -0.25) is 14.5 Å². The zero-order chi connectivity index (χ0) is 18.4. The largest absolute Gasteiger partial charge is 0.379 e. The lowest BCUT2D eigenvalue weighted by Gasteiger charge is -2.33. The second-order valence-corrected chi connectivity index (χ2v) is 6.92. The van der Waals surface area contributed by atoms with Crippen molar-refractivity contribution in [3.8, 4) is 0 Å². The van der Waals surface area contributed by atoms with Gasteiger partial charge in [0.25, 0.3) is 0 Å². The quantitative estimate of drug-likeness (QED) is 0.864. The molecule has 2 fully saturated rings. The number of likely N-dealkylation sites (tertiary alicyclic amines) is 1. The Balaban J connectivity index is 1.49. The van der Waals surface area contributed by atoms with E-state index < -0.39 is 5.91 Å². The van der Waals surface area contributed by atoms with E-state index in [0.717, 1.165) is 44.6 Å². The summed E-state index contributed by atoms with van der Waals surface area (Å²) in [5, 5.41) is 0. The molecule has 2 aliphatic rings. The van der Waals surface area contributed by atoms with Gasteiger partial charge in [-0.15, -0.1) is 0 Å². The van der Waals surface area contributed by atoms with Crippen LogP contribution in [0.3, 0.4) is 0 Å². The number of nitrogens with two attached hydrogens (primary N) is 1. The fraction of sp³-hybridized carbons (Fsp3) is 0.500. The monoisotopic (exact) mass is 357 g/mol. The third-order valence-electron chi connectivity index (χ3n) is 5.13. The third kappa shape index (κ3) is 4.93. The Labute approximate surface area is 154 Å². The summed E-state index contributed by atoms with van der Waals surface area (Å²) in [6.45, 7) is 5.18. The van der Waals surface area contributed by atoms with E-state index in [1.807, 2.05) is 29.2 Å². The molecule has 26 heavy (non-hydrogen) atoms. The molecule has 0 saturated carbocycles. The second-order valence-electron chi connectivity index (χ2n) is 6.92. The summed E-state index contributed by atoms with van der Waals surface area (Å²) in [7, 11) is 0. The highest BCUT2D eigenvalue weighted by molar-refractivity contribution is 5.96. The molecular weight excluding hydrogens is 330 g/mol. The molecular formula is C20H27N3O3. The summed E-state index contributed by atoms with van der Waals surface area (Å²) in [6.07, 6.45) is 6.02. The van der Waals surface area contributed by atoms with Crippen LogP contribution in [0, 0.1) is 5.92 Å². The van der Waals surface area contributed by atoms with Crippen LogP contribution in [0.25, 0.3) is 6.08 Å². The highest BCUT2D eigenvalue weighted by atomic mass is 16.5. The zero-order valence-corrected chi connectivity index (χ0v) is 15.1. The molecule has 6 nitrogen and oxygen atoms in total. The molecule has 2 heterocycles. The number of piperidine rings is 1. The Morgan fingerprint density at radius 2 is 1.81 bits per heavy atom. The summed E-state index contributed by atoms with van der Waals surface area (Å²) in [5.41, 5.74) is 6.82. The van der Waals surface area contributed by atoms with Crippen LogP contribution in [-0.2, 0) is 9.53 Å². The number of allylic oxidation sites excluding steroid dienone is 1. The summed E-state index contributed by atoms with van der Waals surface area (Å²) in [5.74, 6) is 0.227. The van der Waals surface area contributed by atoms with Gasteiger partial charge in [-0.25, -0.2) is 0 Å². The summed E-state index contributed by atoms with van der Waals surface area (Å²) in [4.78, 5) is 28.1. The van der Waals surface area contributed by atoms with Crippen molar-refractivity contribution in [2.75, 3.05) is 45.9 Å². The van der Waals surface area contributed by atoms with Gasteiger partial charge in [-0.2, -0.15) is 0 Å². The lowest BCUT2D eigenvalue weighted by atomic mass is 9.95. The van der Waals surface area contributed by atoms with E-state index in [-0.39, 0.29) is 5.91 Å².